The van der Waals surface area contributed by atoms with E-state index in [4.69, 9.17) is 10.5 Å². The quantitative estimate of drug-likeness (QED) is 0.560. The summed E-state index contributed by atoms with van der Waals surface area (Å²) in [6.07, 6.45) is 0.461. The van der Waals surface area contributed by atoms with Gasteiger partial charge < -0.3 is 4.90 Å². The van der Waals surface area contributed by atoms with Crippen molar-refractivity contribution in [1.29, 1.82) is 15.8 Å². The van der Waals surface area contributed by atoms with E-state index in [-0.39, 0.29) is 24.5 Å². The second kappa shape index (κ2) is 9.10. The minimum atomic E-state index is -0.125. The number of rotatable bonds is 7. The topological polar surface area (TPSA) is 109 Å². The third-order valence-corrected chi connectivity index (χ3v) is 5.52. The average molecular weight is 402 g/mol. The molecule has 0 saturated heterocycles. The molecule has 2 heterocycles. The van der Waals surface area contributed by atoms with Gasteiger partial charge in [0, 0.05) is 13.1 Å². The molecule has 8 heteroatoms. The Balaban J connectivity index is 1.94. The van der Waals surface area contributed by atoms with Gasteiger partial charge in [-0.1, -0.05) is 23.9 Å². The van der Waals surface area contributed by atoms with Crippen LogP contribution in [0.3, 0.4) is 0 Å². The van der Waals surface area contributed by atoms with Crippen molar-refractivity contribution in [2.75, 3.05) is 18.8 Å². The molecule has 0 atom stereocenters. The summed E-state index contributed by atoms with van der Waals surface area (Å²) in [7, 11) is 0. The first-order valence-corrected chi connectivity index (χ1v) is 10.0. The minimum Gasteiger partial charge on any atom is -0.340 e. The summed E-state index contributed by atoms with van der Waals surface area (Å²) in [5.41, 5.74) is 3.55. The third-order valence-electron chi connectivity index (χ3n) is 4.53. The molecule has 0 bridgehead atoms. The van der Waals surface area contributed by atoms with Gasteiger partial charge in [-0.3, -0.25) is 9.20 Å². The fraction of sp³-hybridized carbons (Fsp3) is 0.286. The number of carbonyl (C=O) groups excluding carboxylic acids is 1. The van der Waals surface area contributed by atoms with E-state index >= 15 is 0 Å². The van der Waals surface area contributed by atoms with E-state index in [1.54, 1.807) is 4.90 Å². The number of pyridine rings is 1. The van der Waals surface area contributed by atoms with Crippen LogP contribution >= 0.6 is 11.8 Å². The van der Waals surface area contributed by atoms with Crippen molar-refractivity contribution in [3.05, 3.63) is 41.5 Å². The molecule has 0 aliphatic rings. The highest BCUT2D eigenvalue weighted by molar-refractivity contribution is 7.99. The van der Waals surface area contributed by atoms with Gasteiger partial charge >= 0.3 is 0 Å². The highest BCUT2D eigenvalue weighted by Crippen LogP contribution is 2.29. The van der Waals surface area contributed by atoms with Crippen molar-refractivity contribution in [3.63, 3.8) is 0 Å². The molecular formula is C21H18N6OS. The lowest BCUT2D eigenvalue weighted by atomic mass is 10.2. The Bertz CT molecular complexity index is 1180. The molecule has 1 aromatic carbocycles. The first-order chi connectivity index (χ1) is 14.1. The van der Waals surface area contributed by atoms with E-state index < -0.39 is 0 Å². The zero-order valence-electron chi connectivity index (χ0n) is 15.9. The van der Waals surface area contributed by atoms with Crippen LogP contribution in [0.15, 0.2) is 35.4 Å². The average Bonchev–Trinajstić information content (AvgIpc) is 3.11. The maximum Gasteiger partial charge on any atom is 0.233 e. The van der Waals surface area contributed by atoms with Crippen molar-refractivity contribution >= 4 is 34.3 Å². The van der Waals surface area contributed by atoms with Crippen LogP contribution in [0.25, 0.3) is 16.7 Å². The number of amides is 1. The second-order valence-electron chi connectivity index (χ2n) is 6.40. The summed E-state index contributed by atoms with van der Waals surface area (Å²) >= 11 is 1.36. The number of para-hydroxylation sites is 2. The van der Waals surface area contributed by atoms with Gasteiger partial charge in [-0.15, -0.1) is 0 Å². The number of hydrogen-bond donors (Lipinski definition) is 0. The summed E-state index contributed by atoms with van der Waals surface area (Å²) < 4.78 is 1.91. The molecule has 3 aromatic rings. The molecule has 2 aromatic heterocycles. The SMILES string of the molecule is Cc1cc(SCC(=O)N(CCC#N)CCC#N)n2c(nc3ccccc32)c1C#N. The molecule has 0 saturated carbocycles. The number of aryl methyl sites for hydroxylation is 1. The lowest BCUT2D eigenvalue weighted by molar-refractivity contribution is -0.128. The Kier molecular flexibility index (Phi) is 6.34. The van der Waals surface area contributed by atoms with Crippen LogP contribution in [-0.4, -0.2) is 39.0 Å². The number of nitrogens with zero attached hydrogens (tertiary/aromatic N) is 6. The summed E-state index contributed by atoms with van der Waals surface area (Å²) in [5, 5.41) is 28.0. The van der Waals surface area contributed by atoms with Crippen LogP contribution in [0.1, 0.15) is 24.0 Å². The van der Waals surface area contributed by atoms with Crippen LogP contribution in [0, 0.1) is 40.9 Å². The first-order valence-electron chi connectivity index (χ1n) is 9.06. The van der Waals surface area contributed by atoms with Gasteiger partial charge in [0.05, 0.1) is 52.4 Å². The van der Waals surface area contributed by atoms with Crippen LogP contribution < -0.4 is 0 Å². The zero-order valence-corrected chi connectivity index (χ0v) is 16.7. The van der Waals surface area contributed by atoms with Crippen molar-refractivity contribution in [3.8, 4) is 18.2 Å². The van der Waals surface area contributed by atoms with Gasteiger partial charge in [0.2, 0.25) is 5.91 Å². The lowest BCUT2D eigenvalue weighted by Gasteiger charge is -2.20. The Morgan fingerprint density at radius 1 is 1.17 bits per heavy atom. The fourth-order valence-electron chi connectivity index (χ4n) is 3.12. The highest BCUT2D eigenvalue weighted by Gasteiger charge is 2.18. The molecule has 0 aliphatic heterocycles. The number of nitriles is 3. The molecule has 0 fully saturated rings. The van der Waals surface area contributed by atoms with E-state index in [2.05, 4.69) is 11.1 Å². The molecule has 3 rings (SSSR count). The second-order valence-corrected chi connectivity index (χ2v) is 7.39. The number of carbonyl (C=O) groups is 1. The van der Waals surface area contributed by atoms with Crippen molar-refractivity contribution in [2.45, 2.75) is 24.8 Å². The predicted octanol–water partition coefficient (Wildman–Crippen LogP) is 3.42. The normalized spacial score (nSPS) is 10.4. The molecule has 1 amide bonds. The zero-order chi connectivity index (χ0) is 20.8. The van der Waals surface area contributed by atoms with Gasteiger partial charge in [-0.05, 0) is 30.7 Å². The van der Waals surface area contributed by atoms with E-state index in [1.165, 1.54) is 11.8 Å². The monoisotopic (exact) mass is 402 g/mol. The number of thioether (sulfide) groups is 1. The van der Waals surface area contributed by atoms with E-state index in [9.17, 15) is 10.1 Å². The molecule has 0 unspecified atom stereocenters. The summed E-state index contributed by atoms with van der Waals surface area (Å²) in [6, 6.07) is 15.8. The Hall–Kier alpha value is -3.54. The van der Waals surface area contributed by atoms with Crippen molar-refractivity contribution in [1.82, 2.24) is 14.3 Å². The molecule has 29 heavy (non-hydrogen) atoms. The number of fused-ring (bicyclic) bond motifs is 3. The maximum atomic E-state index is 12.7. The van der Waals surface area contributed by atoms with Crippen molar-refractivity contribution in [2.24, 2.45) is 0 Å². The number of imidazole rings is 1. The van der Waals surface area contributed by atoms with Crippen LogP contribution in [0.4, 0.5) is 0 Å². The first kappa shape index (κ1) is 20.2. The van der Waals surface area contributed by atoms with Crippen LogP contribution in [0.2, 0.25) is 0 Å². The van der Waals surface area contributed by atoms with Gasteiger partial charge in [-0.2, -0.15) is 15.8 Å². The van der Waals surface area contributed by atoms with Gasteiger partial charge in [0.1, 0.15) is 6.07 Å². The van der Waals surface area contributed by atoms with Gasteiger partial charge in [-0.25, -0.2) is 4.98 Å². The maximum absolute atomic E-state index is 12.7. The third kappa shape index (κ3) is 4.16. The van der Waals surface area contributed by atoms with E-state index in [0.717, 1.165) is 21.6 Å². The highest BCUT2D eigenvalue weighted by atomic mass is 32.2. The minimum absolute atomic E-state index is 0.125. The van der Waals surface area contributed by atoms with Crippen molar-refractivity contribution < 1.29 is 4.79 Å². The van der Waals surface area contributed by atoms with Gasteiger partial charge in [0.15, 0.2) is 5.65 Å². The standard InChI is InChI=1S/C21H18N6OS/c1-15-12-20(29-14-19(28)26(10-4-8-22)11-5-9-23)27-18-7-3-2-6-17(18)25-21(27)16(15)13-24/h2-3,6-7,12H,4-5,10-11,14H2,1H3. The molecule has 0 spiro atoms. The predicted molar refractivity (Wildman–Crippen MR) is 110 cm³/mol. The molecule has 0 radical (unpaired) electrons. The Labute approximate surface area is 172 Å². The summed E-state index contributed by atoms with van der Waals surface area (Å²) in [5.74, 6) is 0.0455. The number of benzene rings is 1. The smallest absolute Gasteiger partial charge is 0.233 e. The van der Waals surface area contributed by atoms with Crippen LogP contribution in [0.5, 0.6) is 0 Å². The summed E-state index contributed by atoms with van der Waals surface area (Å²) in [4.78, 5) is 18.8. The molecule has 0 N–H and O–H groups in total. The largest absolute Gasteiger partial charge is 0.340 e. The fourth-order valence-corrected chi connectivity index (χ4v) is 4.15. The molecule has 0 aliphatic carbocycles. The Morgan fingerprint density at radius 2 is 1.86 bits per heavy atom. The molecule has 144 valence electrons. The van der Waals surface area contributed by atoms with E-state index in [0.29, 0.717) is 24.3 Å². The summed E-state index contributed by atoms with van der Waals surface area (Å²) in [6.45, 7) is 2.48. The Morgan fingerprint density at radius 3 is 2.52 bits per heavy atom. The van der Waals surface area contributed by atoms with Crippen LogP contribution in [-0.2, 0) is 4.79 Å². The molecule has 7 nitrogen and oxygen atoms in total. The number of hydrogen-bond acceptors (Lipinski definition) is 6. The van der Waals surface area contributed by atoms with Gasteiger partial charge in [0.25, 0.3) is 0 Å². The molecular weight excluding hydrogens is 384 g/mol. The van der Waals surface area contributed by atoms with E-state index in [1.807, 2.05) is 53.8 Å². The number of aromatic nitrogens is 2. The lowest BCUT2D eigenvalue weighted by Crippen LogP contribution is -2.34.